The van der Waals surface area contributed by atoms with E-state index in [1.807, 2.05) is 6.07 Å². The molecule has 0 bridgehead atoms. The van der Waals surface area contributed by atoms with Gasteiger partial charge in [-0.15, -0.1) is 0 Å². The summed E-state index contributed by atoms with van der Waals surface area (Å²) in [6.45, 7) is 2.28. The van der Waals surface area contributed by atoms with Gasteiger partial charge in [-0.2, -0.15) is 0 Å². The highest BCUT2D eigenvalue weighted by Gasteiger charge is 2.13. The Morgan fingerprint density at radius 3 is 2.91 bits per heavy atom. The van der Waals surface area contributed by atoms with E-state index in [0.29, 0.717) is 5.56 Å². The number of carbonyl (C=O) groups is 1. The van der Waals surface area contributed by atoms with Gasteiger partial charge in [0.15, 0.2) is 0 Å². The first-order valence-electron chi connectivity index (χ1n) is 7.80. The summed E-state index contributed by atoms with van der Waals surface area (Å²) in [4.78, 5) is 15.7. The van der Waals surface area contributed by atoms with Crippen LogP contribution in [0.25, 0.3) is 10.9 Å². The van der Waals surface area contributed by atoms with Crippen LogP contribution < -0.4 is 10.8 Å². The van der Waals surface area contributed by atoms with Gasteiger partial charge in [-0.25, -0.2) is 5.48 Å². The maximum atomic E-state index is 11.4. The molecule has 2 heterocycles. The van der Waals surface area contributed by atoms with Gasteiger partial charge in [-0.3, -0.25) is 15.0 Å². The van der Waals surface area contributed by atoms with Gasteiger partial charge in [0.25, 0.3) is 5.91 Å². The number of aryl methyl sites for hydroxylation is 1. The Morgan fingerprint density at radius 2 is 2.14 bits per heavy atom. The lowest BCUT2D eigenvalue weighted by molar-refractivity contribution is 0.0706. The Bertz CT molecular complexity index is 666. The van der Waals surface area contributed by atoms with Gasteiger partial charge in [0, 0.05) is 11.6 Å². The molecule has 1 fully saturated rings. The van der Waals surface area contributed by atoms with Crippen molar-refractivity contribution in [3.05, 3.63) is 41.6 Å². The Morgan fingerprint density at radius 1 is 1.32 bits per heavy atom. The molecule has 0 unspecified atom stereocenters. The van der Waals surface area contributed by atoms with Crippen molar-refractivity contribution in [2.24, 2.45) is 5.92 Å². The zero-order valence-corrected chi connectivity index (χ0v) is 12.5. The molecular formula is C17H21N3O2. The quantitative estimate of drug-likeness (QED) is 0.598. The van der Waals surface area contributed by atoms with E-state index in [0.717, 1.165) is 36.3 Å². The van der Waals surface area contributed by atoms with Crippen molar-refractivity contribution in [3.8, 4) is 0 Å². The number of nitrogens with one attached hydrogen (secondary N) is 2. The zero-order chi connectivity index (χ0) is 15.4. The van der Waals surface area contributed by atoms with Crippen LogP contribution in [0.15, 0.2) is 30.5 Å². The van der Waals surface area contributed by atoms with E-state index in [1.165, 1.54) is 31.0 Å². The Hall–Kier alpha value is -1.98. The van der Waals surface area contributed by atoms with Gasteiger partial charge in [0.1, 0.15) is 0 Å². The molecule has 0 aliphatic carbocycles. The number of pyridine rings is 1. The molecule has 116 valence electrons. The molecule has 1 amide bonds. The summed E-state index contributed by atoms with van der Waals surface area (Å²) in [5, 5.41) is 13.0. The van der Waals surface area contributed by atoms with Gasteiger partial charge < -0.3 is 5.32 Å². The van der Waals surface area contributed by atoms with E-state index < -0.39 is 5.91 Å². The number of piperidine rings is 1. The lowest BCUT2D eigenvalue weighted by atomic mass is 9.91. The molecule has 1 saturated heterocycles. The predicted molar refractivity (Wildman–Crippen MR) is 84.9 cm³/mol. The average Bonchev–Trinajstić information content (AvgIpc) is 2.59. The molecule has 0 atom stereocenters. The highest BCUT2D eigenvalue weighted by molar-refractivity contribution is 5.96. The van der Waals surface area contributed by atoms with Gasteiger partial charge in [-0.05, 0) is 62.4 Å². The van der Waals surface area contributed by atoms with Crippen LogP contribution in [0, 0.1) is 5.92 Å². The van der Waals surface area contributed by atoms with Crippen LogP contribution >= 0.6 is 0 Å². The molecule has 1 aliphatic rings. The van der Waals surface area contributed by atoms with E-state index in [4.69, 9.17) is 5.21 Å². The van der Waals surface area contributed by atoms with Gasteiger partial charge in [-0.1, -0.05) is 12.1 Å². The molecule has 3 N–H and O–H groups in total. The SMILES string of the molecule is O=C(NO)c1cnc2cc(CCC3CCNCC3)ccc2c1. The third-order valence-electron chi connectivity index (χ3n) is 4.41. The predicted octanol–water partition coefficient (Wildman–Crippen LogP) is 2.29. The number of carbonyl (C=O) groups excluding carboxylic acids is 1. The lowest BCUT2D eigenvalue weighted by Gasteiger charge is -2.22. The minimum absolute atomic E-state index is 0.359. The maximum absolute atomic E-state index is 11.4. The molecule has 22 heavy (non-hydrogen) atoms. The monoisotopic (exact) mass is 299 g/mol. The third kappa shape index (κ3) is 3.43. The van der Waals surface area contributed by atoms with Crippen LogP contribution in [0.3, 0.4) is 0 Å². The molecule has 2 aromatic rings. The first-order chi connectivity index (χ1) is 10.8. The summed E-state index contributed by atoms with van der Waals surface area (Å²) in [6, 6.07) is 7.93. The number of aromatic nitrogens is 1. The minimum Gasteiger partial charge on any atom is -0.317 e. The maximum Gasteiger partial charge on any atom is 0.276 e. The Balaban J connectivity index is 1.71. The summed E-state index contributed by atoms with van der Waals surface area (Å²) >= 11 is 0. The number of hydrogen-bond acceptors (Lipinski definition) is 4. The van der Waals surface area contributed by atoms with Crippen LogP contribution in [0.4, 0.5) is 0 Å². The fraction of sp³-hybridized carbons (Fsp3) is 0.412. The third-order valence-corrected chi connectivity index (χ3v) is 4.41. The van der Waals surface area contributed by atoms with Crippen molar-refractivity contribution in [1.82, 2.24) is 15.8 Å². The second kappa shape index (κ2) is 6.85. The van der Waals surface area contributed by atoms with Crippen molar-refractivity contribution in [3.63, 3.8) is 0 Å². The number of benzene rings is 1. The molecule has 1 aliphatic heterocycles. The Kier molecular flexibility index (Phi) is 4.65. The Labute approximate surface area is 129 Å². The molecule has 5 heteroatoms. The second-order valence-corrected chi connectivity index (χ2v) is 5.92. The van der Waals surface area contributed by atoms with Gasteiger partial charge in [0.2, 0.25) is 0 Å². The van der Waals surface area contributed by atoms with Crippen LogP contribution in [-0.2, 0) is 6.42 Å². The summed E-state index contributed by atoms with van der Waals surface area (Å²) in [5.41, 5.74) is 4.16. The fourth-order valence-corrected chi connectivity index (χ4v) is 3.05. The summed E-state index contributed by atoms with van der Waals surface area (Å²) in [7, 11) is 0. The largest absolute Gasteiger partial charge is 0.317 e. The van der Waals surface area contributed by atoms with Crippen molar-refractivity contribution < 1.29 is 10.0 Å². The summed E-state index contributed by atoms with van der Waals surface area (Å²) in [5.74, 6) is 0.282. The van der Waals surface area contributed by atoms with Crippen LogP contribution in [0.2, 0.25) is 0 Å². The highest BCUT2D eigenvalue weighted by atomic mass is 16.5. The van der Waals surface area contributed by atoms with Crippen LogP contribution in [-0.4, -0.2) is 29.2 Å². The van der Waals surface area contributed by atoms with E-state index >= 15 is 0 Å². The van der Waals surface area contributed by atoms with E-state index in [9.17, 15) is 4.79 Å². The smallest absolute Gasteiger partial charge is 0.276 e. The average molecular weight is 299 g/mol. The standard InChI is InChI=1S/C17H21N3O2/c21-17(20-22)15-10-14-4-3-13(9-16(14)19-11-15)2-1-12-5-7-18-8-6-12/h3-4,9-12,18,22H,1-2,5-8H2,(H,20,21). The van der Waals surface area contributed by atoms with Crippen LogP contribution in [0.5, 0.6) is 0 Å². The number of hydrogen-bond donors (Lipinski definition) is 3. The second-order valence-electron chi connectivity index (χ2n) is 5.92. The molecule has 0 saturated carbocycles. The number of rotatable bonds is 4. The molecule has 0 spiro atoms. The van der Waals surface area contributed by atoms with Gasteiger partial charge >= 0.3 is 0 Å². The van der Waals surface area contributed by atoms with Crippen molar-refractivity contribution >= 4 is 16.8 Å². The first-order valence-corrected chi connectivity index (χ1v) is 7.80. The number of nitrogens with zero attached hydrogens (tertiary/aromatic N) is 1. The van der Waals surface area contributed by atoms with E-state index in [1.54, 1.807) is 11.5 Å². The normalized spacial score (nSPS) is 15.9. The van der Waals surface area contributed by atoms with Crippen molar-refractivity contribution in [2.45, 2.75) is 25.7 Å². The van der Waals surface area contributed by atoms with Crippen molar-refractivity contribution in [2.75, 3.05) is 13.1 Å². The minimum atomic E-state index is -0.538. The topological polar surface area (TPSA) is 74.2 Å². The summed E-state index contributed by atoms with van der Waals surface area (Å²) in [6.07, 6.45) is 6.32. The molecule has 1 aromatic carbocycles. The lowest BCUT2D eigenvalue weighted by Crippen LogP contribution is -2.27. The highest BCUT2D eigenvalue weighted by Crippen LogP contribution is 2.21. The van der Waals surface area contributed by atoms with E-state index in [-0.39, 0.29) is 0 Å². The number of amides is 1. The first kappa shape index (κ1) is 14.9. The molecule has 1 aromatic heterocycles. The molecular weight excluding hydrogens is 278 g/mol. The number of fused-ring (bicyclic) bond motifs is 1. The van der Waals surface area contributed by atoms with Crippen LogP contribution in [0.1, 0.15) is 35.2 Å². The van der Waals surface area contributed by atoms with Gasteiger partial charge in [0.05, 0.1) is 11.1 Å². The molecule has 3 rings (SSSR count). The molecule has 0 radical (unpaired) electrons. The number of hydroxylamine groups is 1. The zero-order valence-electron chi connectivity index (χ0n) is 12.5. The summed E-state index contributed by atoms with van der Waals surface area (Å²) < 4.78 is 0. The van der Waals surface area contributed by atoms with E-state index in [2.05, 4.69) is 22.4 Å². The van der Waals surface area contributed by atoms with Crippen molar-refractivity contribution in [1.29, 1.82) is 0 Å². The molecule has 5 nitrogen and oxygen atoms in total. The fourth-order valence-electron chi connectivity index (χ4n) is 3.05.